The number of carbonyl (C=O) groups excluding carboxylic acids is 2. The third kappa shape index (κ3) is 3.58. The molecule has 1 aromatic rings. The molecular formula is C15H20N4O4S. The lowest BCUT2D eigenvalue weighted by molar-refractivity contribution is -0.131. The lowest BCUT2D eigenvalue weighted by atomic mass is 10.2. The molecule has 0 aliphatic carbocycles. The van der Waals surface area contributed by atoms with Gasteiger partial charge >= 0.3 is 0 Å². The average Bonchev–Trinajstić information content (AvgIpc) is 2.92. The summed E-state index contributed by atoms with van der Waals surface area (Å²) < 4.78 is 27.1. The normalized spacial score (nSPS) is 18.4. The summed E-state index contributed by atoms with van der Waals surface area (Å²) in [6, 6.07) is 4.46. The molecule has 2 aliphatic rings. The molecule has 1 saturated heterocycles. The van der Waals surface area contributed by atoms with E-state index in [0.717, 1.165) is 13.1 Å². The van der Waals surface area contributed by atoms with Crippen LogP contribution in [0.4, 0.5) is 5.69 Å². The number of likely N-dealkylation sites (N-methyl/N-ethyl adjacent to an activating group) is 1. The van der Waals surface area contributed by atoms with E-state index in [-0.39, 0.29) is 29.7 Å². The van der Waals surface area contributed by atoms with Crippen molar-refractivity contribution in [1.82, 2.24) is 14.5 Å². The first-order valence-corrected chi connectivity index (χ1v) is 9.22. The molecule has 2 N–H and O–H groups in total. The number of amides is 2. The SMILES string of the molecule is CN1CCN(C(=O)CNS(=O)(=O)c2ccc3c(c2)CC(=O)N3)CC1. The second-order valence-electron chi connectivity index (χ2n) is 6.05. The summed E-state index contributed by atoms with van der Waals surface area (Å²) in [4.78, 5) is 27.3. The third-order valence-corrected chi connectivity index (χ3v) is 5.68. The summed E-state index contributed by atoms with van der Waals surface area (Å²) >= 11 is 0. The summed E-state index contributed by atoms with van der Waals surface area (Å²) in [5.74, 6) is -0.387. The monoisotopic (exact) mass is 352 g/mol. The molecule has 2 amide bonds. The lowest BCUT2D eigenvalue weighted by Gasteiger charge is -2.32. The molecule has 0 unspecified atom stereocenters. The van der Waals surface area contributed by atoms with Crippen LogP contribution in [0.1, 0.15) is 5.56 Å². The zero-order valence-electron chi connectivity index (χ0n) is 13.4. The zero-order valence-corrected chi connectivity index (χ0v) is 14.2. The molecule has 0 saturated carbocycles. The first-order chi connectivity index (χ1) is 11.3. The highest BCUT2D eigenvalue weighted by atomic mass is 32.2. The highest BCUT2D eigenvalue weighted by Gasteiger charge is 2.24. The Kier molecular flexibility index (Phi) is 4.57. The Morgan fingerprint density at radius 1 is 1.25 bits per heavy atom. The number of anilines is 1. The van der Waals surface area contributed by atoms with Gasteiger partial charge in [-0.05, 0) is 30.8 Å². The quantitative estimate of drug-likeness (QED) is 0.742. The predicted octanol–water partition coefficient (Wildman–Crippen LogP) is -0.766. The minimum Gasteiger partial charge on any atom is -0.339 e. The van der Waals surface area contributed by atoms with Crippen LogP contribution in [-0.2, 0) is 26.0 Å². The Morgan fingerprint density at radius 3 is 2.67 bits per heavy atom. The first kappa shape index (κ1) is 16.9. The number of hydrogen-bond acceptors (Lipinski definition) is 5. The molecule has 130 valence electrons. The van der Waals surface area contributed by atoms with Crippen molar-refractivity contribution in [2.45, 2.75) is 11.3 Å². The molecule has 8 nitrogen and oxygen atoms in total. The summed E-state index contributed by atoms with van der Waals surface area (Å²) in [6.45, 7) is 2.50. The van der Waals surface area contributed by atoms with Gasteiger partial charge in [-0.3, -0.25) is 9.59 Å². The lowest BCUT2D eigenvalue weighted by Crippen LogP contribution is -2.50. The highest BCUT2D eigenvalue weighted by molar-refractivity contribution is 7.89. The van der Waals surface area contributed by atoms with Crippen LogP contribution in [0, 0.1) is 0 Å². The van der Waals surface area contributed by atoms with Crippen LogP contribution in [0.15, 0.2) is 23.1 Å². The van der Waals surface area contributed by atoms with Crippen LogP contribution in [-0.4, -0.2) is 69.8 Å². The molecule has 0 atom stereocenters. The number of nitrogens with one attached hydrogen (secondary N) is 2. The second kappa shape index (κ2) is 6.50. The number of benzene rings is 1. The van der Waals surface area contributed by atoms with Gasteiger partial charge in [0.05, 0.1) is 17.9 Å². The predicted molar refractivity (Wildman–Crippen MR) is 88.0 cm³/mol. The standard InChI is InChI=1S/C15H20N4O4S/c1-18-4-6-19(7-5-18)15(21)10-16-24(22,23)12-2-3-13-11(8-12)9-14(20)17-13/h2-3,8,16H,4-7,9-10H2,1H3,(H,17,20). The highest BCUT2D eigenvalue weighted by Crippen LogP contribution is 2.25. The Morgan fingerprint density at radius 2 is 1.96 bits per heavy atom. The topological polar surface area (TPSA) is 98.8 Å². The fourth-order valence-electron chi connectivity index (χ4n) is 2.78. The maximum absolute atomic E-state index is 12.4. The maximum Gasteiger partial charge on any atom is 0.241 e. The Bertz CT molecular complexity index is 770. The van der Waals surface area contributed by atoms with Crippen molar-refractivity contribution in [3.05, 3.63) is 23.8 Å². The van der Waals surface area contributed by atoms with Crippen LogP contribution in [0.3, 0.4) is 0 Å². The van der Waals surface area contributed by atoms with Crippen molar-refractivity contribution in [2.24, 2.45) is 0 Å². The van der Waals surface area contributed by atoms with Gasteiger partial charge in [0.2, 0.25) is 21.8 Å². The van der Waals surface area contributed by atoms with Crippen LogP contribution < -0.4 is 10.0 Å². The van der Waals surface area contributed by atoms with Gasteiger partial charge in [-0.25, -0.2) is 13.1 Å². The van der Waals surface area contributed by atoms with Crippen molar-refractivity contribution >= 4 is 27.5 Å². The van der Waals surface area contributed by atoms with Crippen LogP contribution >= 0.6 is 0 Å². The average molecular weight is 352 g/mol. The molecule has 1 aromatic carbocycles. The smallest absolute Gasteiger partial charge is 0.241 e. The number of sulfonamides is 1. The number of piperazine rings is 1. The van der Waals surface area contributed by atoms with Crippen molar-refractivity contribution in [3.63, 3.8) is 0 Å². The van der Waals surface area contributed by atoms with E-state index in [4.69, 9.17) is 0 Å². The van der Waals surface area contributed by atoms with Gasteiger partial charge in [-0.1, -0.05) is 0 Å². The van der Waals surface area contributed by atoms with Crippen molar-refractivity contribution in [1.29, 1.82) is 0 Å². The number of carbonyl (C=O) groups is 2. The Balaban J connectivity index is 1.63. The third-order valence-electron chi connectivity index (χ3n) is 4.28. The van der Waals surface area contributed by atoms with Gasteiger partial charge in [0.1, 0.15) is 0 Å². The maximum atomic E-state index is 12.4. The van der Waals surface area contributed by atoms with Gasteiger partial charge in [-0.15, -0.1) is 0 Å². The second-order valence-corrected chi connectivity index (χ2v) is 7.82. The molecular weight excluding hydrogens is 332 g/mol. The van der Waals surface area contributed by atoms with Gasteiger partial charge in [-0.2, -0.15) is 0 Å². The number of hydrogen-bond donors (Lipinski definition) is 2. The summed E-state index contributed by atoms with van der Waals surface area (Å²) in [6.07, 6.45) is 0.166. The van der Waals surface area contributed by atoms with Gasteiger partial charge < -0.3 is 15.1 Å². The van der Waals surface area contributed by atoms with Gasteiger partial charge in [0, 0.05) is 31.9 Å². The summed E-state index contributed by atoms with van der Waals surface area (Å²) in [5, 5.41) is 2.65. The molecule has 24 heavy (non-hydrogen) atoms. The van der Waals surface area contributed by atoms with Crippen LogP contribution in [0.2, 0.25) is 0 Å². The van der Waals surface area contributed by atoms with E-state index in [0.29, 0.717) is 24.3 Å². The summed E-state index contributed by atoms with van der Waals surface area (Å²) in [7, 11) is -1.81. The van der Waals surface area contributed by atoms with E-state index in [1.54, 1.807) is 11.0 Å². The largest absolute Gasteiger partial charge is 0.339 e. The Labute approximate surface area is 140 Å². The number of rotatable bonds is 4. The van der Waals surface area contributed by atoms with E-state index in [2.05, 4.69) is 14.9 Å². The van der Waals surface area contributed by atoms with E-state index in [1.165, 1.54) is 12.1 Å². The Hall–Kier alpha value is -1.97. The molecule has 9 heteroatoms. The fourth-order valence-corrected chi connectivity index (χ4v) is 3.81. The van der Waals surface area contributed by atoms with E-state index in [1.807, 2.05) is 7.05 Å². The van der Waals surface area contributed by atoms with E-state index < -0.39 is 10.0 Å². The molecule has 2 aliphatic heterocycles. The molecule has 0 spiro atoms. The van der Waals surface area contributed by atoms with Crippen LogP contribution in [0.25, 0.3) is 0 Å². The number of nitrogens with zero attached hydrogens (tertiary/aromatic N) is 2. The van der Waals surface area contributed by atoms with E-state index in [9.17, 15) is 18.0 Å². The summed E-state index contributed by atoms with van der Waals surface area (Å²) in [5.41, 5.74) is 1.28. The van der Waals surface area contributed by atoms with E-state index >= 15 is 0 Å². The molecule has 0 bridgehead atoms. The fraction of sp³-hybridized carbons (Fsp3) is 0.467. The molecule has 0 radical (unpaired) electrons. The molecule has 3 rings (SSSR count). The van der Waals surface area contributed by atoms with Gasteiger partial charge in [0.15, 0.2) is 0 Å². The number of fused-ring (bicyclic) bond motifs is 1. The van der Waals surface area contributed by atoms with Crippen molar-refractivity contribution in [2.75, 3.05) is 45.1 Å². The van der Waals surface area contributed by atoms with Crippen molar-refractivity contribution in [3.8, 4) is 0 Å². The molecule has 0 aromatic heterocycles. The minimum atomic E-state index is -3.79. The van der Waals surface area contributed by atoms with Gasteiger partial charge in [0.25, 0.3) is 0 Å². The van der Waals surface area contributed by atoms with Crippen LogP contribution in [0.5, 0.6) is 0 Å². The zero-order chi connectivity index (χ0) is 17.3. The molecule has 1 fully saturated rings. The minimum absolute atomic E-state index is 0.0592. The molecule has 2 heterocycles. The van der Waals surface area contributed by atoms with Crippen molar-refractivity contribution < 1.29 is 18.0 Å². The first-order valence-electron chi connectivity index (χ1n) is 7.74.